The molecule has 74 heavy (non-hydrogen) atoms. The minimum Gasteiger partial charge on any atom is -0.449 e. The van der Waals surface area contributed by atoms with Gasteiger partial charge in [0.2, 0.25) is 6.08 Å². The number of hydrogen-bond acceptors (Lipinski definition) is 13. The Morgan fingerprint density at radius 3 is 1.28 bits per heavy atom. The first kappa shape index (κ1) is 52.6. The predicted octanol–water partition coefficient (Wildman–Crippen LogP) is 9.55. The highest BCUT2D eigenvalue weighted by atomic mass is 16.6. The third-order valence-electron chi connectivity index (χ3n) is 9.76. The summed E-state index contributed by atoms with van der Waals surface area (Å²) in [5.41, 5.74) is 4.13. The molecule has 0 aliphatic rings. The fourth-order valence-corrected chi connectivity index (χ4v) is 6.45. The number of nitrogens with one attached hydrogen (secondary N) is 10. The van der Waals surface area contributed by atoms with Gasteiger partial charge in [-0.1, -0.05) is 24.3 Å². The van der Waals surface area contributed by atoms with Crippen LogP contribution in [0.1, 0.15) is 28.8 Å². The van der Waals surface area contributed by atoms with Gasteiger partial charge in [0.15, 0.2) is 5.78 Å². The SMILES string of the molecule is N#COc1cccc(NC(=O)OCCCNC(=O)Nc2cccc(NC(=O)Nc3ccc(C(=O)c4ccc(NC(=O)Nc5cccc(NC(=O)NCCCOC(=O)Nc6cccc(N=C=O)c6)c5)cc4)cc3)c2)c1. The van der Waals surface area contributed by atoms with Gasteiger partial charge in [-0.3, -0.25) is 15.4 Å². The number of anilines is 8. The van der Waals surface area contributed by atoms with Gasteiger partial charge in [-0.05, 0) is 128 Å². The van der Waals surface area contributed by atoms with Crippen molar-refractivity contribution in [1.82, 2.24) is 10.6 Å². The summed E-state index contributed by atoms with van der Waals surface area (Å²) in [6.45, 7) is 0.420. The largest absolute Gasteiger partial charge is 0.449 e. The fourth-order valence-electron chi connectivity index (χ4n) is 6.45. The van der Waals surface area contributed by atoms with Gasteiger partial charge < -0.3 is 56.7 Å². The highest BCUT2D eigenvalue weighted by Gasteiger charge is 2.13. The van der Waals surface area contributed by atoms with Gasteiger partial charge >= 0.3 is 36.3 Å². The van der Waals surface area contributed by atoms with Crippen LogP contribution in [0.2, 0.25) is 0 Å². The molecule has 0 atom stereocenters. The van der Waals surface area contributed by atoms with Crippen LogP contribution in [0.15, 0.2) is 151 Å². The van der Waals surface area contributed by atoms with Gasteiger partial charge in [-0.25, -0.2) is 33.6 Å². The number of ketones is 1. The number of aliphatic imine (C=N–C) groups is 1. The zero-order valence-electron chi connectivity index (χ0n) is 39.0. The fraction of sp³-hybridized carbons (Fsp3) is 0.118. The molecule has 6 aromatic carbocycles. The third-order valence-corrected chi connectivity index (χ3v) is 9.76. The molecule has 10 N–H and O–H groups in total. The lowest BCUT2D eigenvalue weighted by Crippen LogP contribution is -2.30. The predicted molar refractivity (Wildman–Crippen MR) is 275 cm³/mol. The highest BCUT2D eigenvalue weighted by molar-refractivity contribution is 6.10. The molecule has 0 spiro atoms. The number of isocyanates is 1. The Labute approximate surface area is 422 Å². The number of benzene rings is 6. The molecule has 0 radical (unpaired) electrons. The van der Waals surface area contributed by atoms with E-state index in [-0.39, 0.29) is 37.8 Å². The first-order chi connectivity index (χ1) is 35.9. The summed E-state index contributed by atoms with van der Waals surface area (Å²) >= 11 is 0. The molecule has 0 fully saturated rings. The monoisotopic (exact) mass is 1000 g/mol. The van der Waals surface area contributed by atoms with Crippen molar-refractivity contribution in [3.05, 3.63) is 157 Å². The number of carbonyl (C=O) groups excluding carboxylic acids is 8. The first-order valence-corrected chi connectivity index (χ1v) is 22.3. The Hall–Kier alpha value is -10.7. The average Bonchev–Trinajstić information content (AvgIpc) is 3.37. The lowest BCUT2D eigenvalue weighted by atomic mass is 10.0. The van der Waals surface area contributed by atoms with Crippen molar-refractivity contribution in [3.8, 4) is 12.0 Å². The van der Waals surface area contributed by atoms with E-state index in [1.165, 1.54) is 18.2 Å². The summed E-state index contributed by atoms with van der Waals surface area (Å²) < 4.78 is 14.9. The van der Waals surface area contributed by atoms with Crippen molar-refractivity contribution in [2.45, 2.75) is 12.8 Å². The molecule has 6 rings (SSSR count). The van der Waals surface area contributed by atoms with Crippen LogP contribution >= 0.6 is 0 Å². The van der Waals surface area contributed by atoms with Crippen LogP contribution in [-0.4, -0.2) is 74.5 Å². The van der Waals surface area contributed by atoms with E-state index in [1.807, 2.05) is 0 Å². The summed E-state index contributed by atoms with van der Waals surface area (Å²) in [5.74, 6) is -0.0407. The van der Waals surface area contributed by atoms with E-state index in [2.05, 4.69) is 58.2 Å². The maximum Gasteiger partial charge on any atom is 0.411 e. The van der Waals surface area contributed by atoms with Gasteiger partial charge in [0, 0.05) is 75.8 Å². The van der Waals surface area contributed by atoms with Crippen LogP contribution < -0.4 is 57.9 Å². The zero-order valence-corrected chi connectivity index (χ0v) is 39.0. The van der Waals surface area contributed by atoms with Crippen LogP contribution in [0.25, 0.3) is 0 Å². The maximum atomic E-state index is 13.3. The van der Waals surface area contributed by atoms with Crippen molar-refractivity contribution >= 4 is 99.4 Å². The molecular weight excluding hydrogens is 957 g/mol. The molecule has 23 heteroatoms. The number of nitrogens with zero attached hydrogens (tertiary/aromatic N) is 2. The van der Waals surface area contributed by atoms with Crippen LogP contribution in [-0.2, 0) is 14.3 Å². The maximum absolute atomic E-state index is 13.3. The molecule has 6 aromatic rings. The minimum atomic E-state index is -0.718. The second-order valence-electron chi connectivity index (χ2n) is 15.3. The summed E-state index contributed by atoms with van der Waals surface area (Å²) in [5, 5.41) is 35.1. The molecule has 23 nitrogen and oxygen atoms in total. The summed E-state index contributed by atoms with van der Waals surface area (Å²) in [7, 11) is 0. The van der Waals surface area contributed by atoms with Crippen LogP contribution in [0.5, 0.6) is 5.75 Å². The number of nitriles is 1. The van der Waals surface area contributed by atoms with Crippen molar-refractivity contribution < 1.29 is 52.6 Å². The minimum absolute atomic E-state index is 0.0167. The molecule has 10 amide bonds. The van der Waals surface area contributed by atoms with Gasteiger partial charge in [0.25, 0.3) is 6.26 Å². The lowest BCUT2D eigenvalue weighted by Gasteiger charge is -2.12. The van der Waals surface area contributed by atoms with Crippen molar-refractivity contribution in [2.75, 3.05) is 68.8 Å². The Bertz CT molecular complexity index is 3070. The highest BCUT2D eigenvalue weighted by Crippen LogP contribution is 2.22. The third kappa shape index (κ3) is 18.0. The molecule has 0 bridgehead atoms. The molecule has 0 heterocycles. The van der Waals surface area contributed by atoms with E-state index in [0.717, 1.165) is 0 Å². The van der Waals surface area contributed by atoms with Gasteiger partial charge in [-0.15, -0.1) is 5.26 Å². The molecule has 0 saturated heterocycles. The first-order valence-electron chi connectivity index (χ1n) is 22.3. The molecular formula is C51H46N12O11. The summed E-state index contributed by atoms with van der Waals surface area (Å²) in [6, 6.07) is 35.6. The van der Waals surface area contributed by atoms with Crippen molar-refractivity contribution in [3.63, 3.8) is 0 Å². The standard InChI is InChI=1S/C51H46N12O11/c52-31-74-44-14-4-13-43(30-44)63-51(71)73-26-6-24-54-47(67)59-39-9-3-11-41(29-39)61-49(69)57-36-21-17-34(18-22-36)45(65)33-15-19-35(20-16-33)56-48(68)60-40-10-2-8-38(28-40)58-46(66)53-23-5-25-72-50(70)62-42-12-1-7-37(27-42)55-32-64/h1-4,7-22,27-30H,5-6,23-26H2,(H,62,70)(H,63,71)(H2,53,58,66)(H2,54,59,67)(H2,56,60,68)(H2,57,61,69). The van der Waals surface area contributed by atoms with E-state index >= 15 is 0 Å². The summed E-state index contributed by atoms with van der Waals surface area (Å²) in [4.78, 5) is 102. The zero-order chi connectivity index (χ0) is 52.5. The van der Waals surface area contributed by atoms with Gasteiger partial charge in [0.05, 0.1) is 18.9 Å². The summed E-state index contributed by atoms with van der Waals surface area (Å²) in [6.07, 6.45) is 2.18. The second kappa shape index (κ2) is 27.5. The smallest absolute Gasteiger partial charge is 0.411 e. The number of carbonyl (C=O) groups is 7. The van der Waals surface area contributed by atoms with E-state index in [1.54, 1.807) is 140 Å². The quantitative estimate of drug-likeness (QED) is 0.0112. The second-order valence-corrected chi connectivity index (χ2v) is 15.3. The van der Waals surface area contributed by atoms with Crippen molar-refractivity contribution in [2.24, 2.45) is 4.99 Å². The van der Waals surface area contributed by atoms with Crippen LogP contribution in [0, 0.1) is 11.5 Å². The number of rotatable bonds is 20. The Morgan fingerprint density at radius 1 is 0.446 bits per heavy atom. The van der Waals surface area contributed by atoms with Crippen LogP contribution in [0.3, 0.4) is 0 Å². The molecule has 0 aliphatic carbocycles. The Balaban J connectivity index is 0.852. The number of ether oxygens (including phenoxy) is 3. The molecule has 376 valence electrons. The van der Waals surface area contributed by atoms with E-state index in [9.17, 15) is 38.4 Å². The molecule has 0 aromatic heterocycles. The Morgan fingerprint density at radius 2 is 0.838 bits per heavy atom. The Kier molecular flexibility index (Phi) is 19.5. The normalized spacial score (nSPS) is 10.0. The molecule has 0 aliphatic heterocycles. The molecule has 0 saturated carbocycles. The average molecular weight is 1000 g/mol. The van der Waals surface area contributed by atoms with E-state index in [4.69, 9.17) is 19.5 Å². The topological polar surface area (TPSA) is 321 Å². The van der Waals surface area contributed by atoms with E-state index in [0.29, 0.717) is 75.2 Å². The number of hydrogen-bond donors (Lipinski definition) is 10. The van der Waals surface area contributed by atoms with Gasteiger partial charge in [-0.2, -0.15) is 4.99 Å². The van der Waals surface area contributed by atoms with Crippen molar-refractivity contribution in [1.29, 1.82) is 5.26 Å². The lowest BCUT2D eigenvalue weighted by molar-refractivity contribution is 0.103. The molecule has 0 unspecified atom stereocenters. The van der Waals surface area contributed by atoms with Gasteiger partial charge in [0.1, 0.15) is 5.75 Å². The number of urea groups is 4. The number of amides is 10. The van der Waals surface area contributed by atoms with Crippen LogP contribution in [0.4, 0.5) is 80.0 Å². The van der Waals surface area contributed by atoms with E-state index < -0.39 is 36.3 Å².